The maximum Gasteiger partial charge on any atom is 0.335 e. The maximum absolute atomic E-state index is 10.9. The first-order chi connectivity index (χ1) is 8.61. The summed E-state index contributed by atoms with van der Waals surface area (Å²) in [6.07, 6.45) is 3.71. The smallest absolute Gasteiger partial charge is 0.335 e. The molecular formula is C14H18BrNO2. The molecule has 0 saturated carbocycles. The summed E-state index contributed by atoms with van der Waals surface area (Å²) >= 11 is 3.48. The van der Waals surface area contributed by atoms with Gasteiger partial charge in [-0.2, -0.15) is 0 Å². The van der Waals surface area contributed by atoms with Crippen molar-refractivity contribution in [1.82, 2.24) is 0 Å². The van der Waals surface area contributed by atoms with Gasteiger partial charge in [-0.15, -0.1) is 0 Å². The predicted octanol–water partition coefficient (Wildman–Crippen LogP) is 3.77. The number of aromatic carboxylic acids is 1. The first-order valence-electron chi connectivity index (χ1n) is 6.39. The lowest BCUT2D eigenvalue weighted by Crippen LogP contribution is -2.33. The van der Waals surface area contributed by atoms with Gasteiger partial charge in [0, 0.05) is 17.6 Å². The van der Waals surface area contributed by atoms with Crippen molar-refractivity contribution in [3.8, 4) is 0 Å². The number of benzene rings is 1. The molecule has 0 aliphatic carbocycles. The van der Waals surface area contributed by atoms with E-state index in [1.165, 1.54) is 19.3 Å². The Hall–Kier alpha value is -1.03. The molecule has 0 unspecified atom stereocenters. The average Bonchev–Trinajstić information content (AvgIpc) is 2.38. The molecule has 1 aromatic carbocycles. The van der Waals surface area contributed by atoms with Crippen molar-refractivity contribution in [3.63, 3.8) is 0 Å². The lowest BCUT2D eigenvalue weighted by Gasteiger charge is -2.33. The van der Waals surface area contributed by atoms with Gasteiger partial charge in [-0.05, 0) is 52.9 Å². The third-order valence-electron chi connectivity index (χ3n) is 3.73. The van der Waals surface area contributed by atoms with Crippen LogP contribution in [-0.2, 0) is 0 Å². The summed E-state index contributed by atoms with van der Waals surface area (Å²) in [6, 6.07) is 5.26. The quantitative estimate of drug-likeness (QED) is 0.923. The number of carboxylic acids is 1. The van der Waals surface area contributed by atoms with Crippen LogP contribution in [0.3, 0.4) is 0 Å². The standard InChI is InChI=1S/C14H18BrNO2/c1-2-10-5-7-16(8-6-10)13-4-3-11(14(17)18)9-12(13)15/h3-4,9-10H,2,5-8H2,1H3,(H,17,18). The molecule has 2 rings (SSSR count). The fraction of sp³-hybridized carbons (Fsp3) is 0.500. The minimum absolute atomic E-state index is 0.328. The van der Waals surface area contributed by atoms with Gasteiger partial charge in [-0.1, -0.05) is 13.3 Å². The third-order valence-corrected chi connectivity index (χ3v) is 4.36. The molecule has 4 heteroatoms. The van der Waals surface area contributed by atoms with Crippen LogP contribution in [0.15, 0.2) is 22.7 Å². The molecule has 3 nitrogen and oxygen atoms in total. The first kappa shape index (κ1) is 13.4. The highest BCUT2D eigenvalue weighted by Crippen LogP contribution is 2.31. The summed E-state index contributed by atoms with van der Waals surface area (Å²) in [5.41, 5.74) is 1.43. The molecule has 18 heavy (non-hydrogen) atoms. The SMILES string of the molecule is CCC1CCN(c2ccc(C(=O)O)cc2Br)CC1. The zero-order valence-corrected chi connectivity index (χ0v) is 12.1. The van der Waals surface area contributed by atoms with E-state index in [1.807, 2.05) is 6.07 Å². The van der Waals surface area contributed by atoms with Gasteiger partial charge in [-0.3, -0.25) is 0 Å². The highest BCUT2D eigenvalue weighted by Gasteiger charge is 2.20. The number of carbonyl (C=O) groups is 1. The van der Waals surface area contributed by atoms with E-state index < -0.39 is 5.97 Å². The van der Waals surface area contributed by atoms with Crippen LogP contribution >= 0.6 is 15.9 Å². The van der Waals surface area contributed by atoms with Gasteiger partial charge in [-0.25, -0.2) is 4.79 Å². The Bertz CT molecular complexity index is 439. The van der Waals surface area contributed by atoms with Gasteiger partial charge in [0.1, 0.15) is 0 Å². The van der Waals surface area contributed by atoms with E-state index in [0.29, 0.717) is 5.56 Å². The molecule has 1 saturated heterocycles. The Balaban J connectivity index is 2.12. The van der Waals surface area contributed by atoms with E-state index >= 15 is 0 Å². The Morgan fingerprint density at radius 1 is 1.44 bits per heavy atom. The van der Waals surface area contributed by atoms with Crippen molar-refractivity contribution in [2.75, 3.05) is 18.0 Å². The zero-order valence-electron chi connectivity index (χ0n) is 10.5. The van der Waals surface area contributed by atoms with Crippen LogP contribution in [0.1, 0.15) is 36.5 Å². The molecule has 0 aromatic heterocycles. The molecule has 98 valence electrons. The molecule has 1 N–H and O–H groups in total. The van der Waals surface area contributed by atoms with Gasteiger partial charge in [0.15, 0.2) is 0 Å². The van der Waals surface area contributed by atoms with Crippen molar-refractivity contribution in [2.45, 2.75) is 26.2 Å². The lowest BCUT2D eigenvalue weighted by atomic mass is 9.94. The molecule has 1 aliphatic rings. The fourth-order valence-electron chi connectivity index (χ4n) is 2.48. The summed E-state index contributed by atoms with van der Waals surface area (Å²) in [4.78, 5) is 13.2. The minimum atomic E-state index is -0.882. The monoisotopic (exact) mass is 311 g/mol. The van der Waals surface area contributed by atoms with E-state index in [1.54, 1.807) is 12.1 Å². The first-order valence-corrected chi connectivity index (χ1v) is 7.19. The van der Waals surface area contributed by atoms with Crippen molar-refractivity contribution < 1.29 is 9.90 Å². The van der Waals surface area contributed by atoms with Crippen LogP contribution in [-0.4, -0.2) is 24.2 Å². The molecule has 0 radical (unpaired) electrons. The Morgan fingerprint density at radius 2 is 2.11 bits per heavy atom. The Morgan fingerprint density at radius 3 is 2.61 bits per heavy atom. The molecular weight excluding hydrogens is 294 g/mol. The van der Waals surface area contributed by atoms with Crippen molar-refractivity contribution in [1.29, 1.82) is 0 Å². The molecule has 0 atom stereocenters. The molecule has 1 heterocycles. The number of halogens is 1. The number of rotatable bonds is 3. The molecule has 0 amide bonds. The molecule has 1 fully saturated rings. The topological polar surface area (TPSA) is 40.5 Å². The van der Waals surface area contributed by atoms with E-state index in [-0.39, 0.29) is 0 Å². The summed E-state index contributed by atoms with van der Waals surface area (Å²) < 4.78 is 0.873. The lowest BCUT2D eigenvalue weighted by molar-refractivity contribution is 0.0697. The second kappa shape index (κ2) is 5.74. The number of hydrogen-bond acceptors (Lipinski definition) is 2. The minimum Gasteiger partial charge on any atom is -0.478 e. The van der Waals surface area contributed by atoms with E-state index in [0.717, 1.165) is 29.2 Å². The third kappa shape index (κ3) is 2.86. The summed E-state index contributed by atoms with van der Waals surface area (Å²) in [7, 11) is 0. The van der Waals surface area contributed by atoms with Crippen LogP contribution in [0.25, 0.3) is 0 Å². The van der Waals surface area contributed by atoms with Crippen molar-refractivity contribution in [3.05, 3.63) is 28.2 Å². The fourth-order valence-corrected chi connectivity index (χ4v) is 3.11. The maximum atomic E-state index is 10.9. The van der Waals surface area contributed by atoms with Gasteiger partial charge in [0.05, 0.1) is 11.3 Å². The second-order valence-corrected chi connectivity index (χ2v) is 5.66. The molecule has 0 spiro atoms. The van der Waals surface area contributed by atoms with Crippen LogP contribution in [0, 0.1) is 5.92 Å². The predicted molar refractivity (Wildman–Crippen MR) is 76.3 cm³/mol. The number of hydrogen-bond donors (Lipinski definition) is 1. The van der Waals surface area contributed by atoms with E-state index in [2.05, 4.69) is 27.8 Å². The van der Waals surface area contributed by atoms with E-state index in [9.17, 15) is 4.79 Å². The molecule has 0 bridgehead atoms. The van der Waals surface area contributed by atoms with Crippen LogP contribution in [0.5, 0.6) is 0 Å². The second-order valence-electron chi connectivity index (χ2n) is 4.81. The highest BCUT2D eigenvalue weighted by molar-refractivity contribution is 9.10. The Labute approximate surface area is 116 Å². The Kier molecular flexibility index (Phi) is 4.27. The van der Waals surface area contributed by atoms with Gasteiger partial charge >= 0.3 is 5.97 Å². The molecule has 1 aliphatic heterocycles. The van der Waals surface area contributed by atoms with Crippen LogP contribution in [0.4, 0.5) is 5.69 Å². The van der Waals surface area contributed by atoms with Gasteiger partial charge < -0.3 is 10.0 Å². The number of piperidine rings is 1. The van der Waals surface area contributed by atoms with Gasteiger partial charge in [0.2, 0.25) is 0 Å². The van der Waals surface area contributed by atoms with Crippen LogP contribution in [0.2, 0.25) is 0 Å². The van der Waals surface area contributed by atoms with Crippen molar-refractivity contribution in [2.24, 2.45) is 5.92 Å². The van der Waals surface area contributed by atoms with Gasteiger partial charge in [0.25, 0.3) is 0 Å². The number of carboxylic acid groups (broad SMARTS) is 1. The normalized spacial score (nSPS) is 16.9. The summed E-state index contributed by atoms with van der Waals surface area (Å²) in [5.74, 6) is -0.0368. The zero-order chi connectivity index (χ0) is 13.1. The van der Waals surface area contributed by atoms with Crippen LogP contribution < -0.4 is 4.90 Å². The van der Waals surface area contributed by atoms with Crippen molar-refractivity contribution >= 4 is 27.6 Å². The summed E-state index contributed by atoms with van der Waals surface area (Å²) in [5, 5.41) is 8.94. The number of nitrogens with zero attached hydrogens (tertiary/aromatic N) is 1. The molecule has 1 aromatic rings. The van der Waals surface area contributed by atoms with E-state index in [4.69, 9.17) is 5.11 Å². The average molecular weight is 312 g/mol. The summed E-state index contributed by atoms with van der Waals surface area (Å²) in [6.45, 7) is 4.37. The number of anilines is 1. The highest BCUT2D eigenvalue weighted by atomic mass is 79.9. The largest absolute Gasteiger partial charge is 0.478 e.